The maximum absolute atomic E-state index is 8.88. The lowest BCUT2D eigenvalue weighted by molar-refractivity contribution is 0.403. The minimum absolute atomic E-state index is 0.00132. The van der Waals surface area contributed by atoms with Crippen LogP contribution in [0.3, 0.4) is 0 Å². The van der Waals surface area contributed by atoms with Crippen molar-refractivity contribution in [2.24, 2.45) is 0 Å². The van der Waals surface area contributed by atoms with E-state index < -0.39 is 7.12 Å². The van der Waals surface area contributed by atoms with Crippen LogP contribution in [0.2, 0.25) is 46.1 Å². The minimum Gasteiger partial charge on any atom is -0.497 e. The van der Waals surface area contributed by atoms with Gasteiger partial charge in [0.1, 0.15) is 21.5 Å². The Balaban J connectivity index is 0.000000222. The number of hydrogen-bond acceptors (Lipinski definition) is 8. The third kappa shape index (κ3) is 9.96. The molecule has 0 saturated carbocycles. The summed E-state index contributed by atoms with van der Waals surface area (Å²) in [6.45, 7) is 0. The Bertz CT molecular complexity index is 1460. The fourth-order valence-corrected chi connectivity index (χ4v) is 4.36. The number of halogens is 9. The maximum Gasteiger partial charge on any atom is 0.492 e. The summed E-state index contributed by atoms with van der Waals surface area (Å²) in [5.74, 6) is 0.974. The maximum atomic E-state index is 8.88. The summed E-state index contributed by atoms with van der Waals surface area (Å²) < 4.78 is 10.1. The van der Waals surface area contributed by atoms with E-state index in [1.54, 1.807) is 30.3 Å². The van der Waals surface area contributed by atoms with E-state index in [0.717, 1.165) is 0 Å². The van der Waals surface area contributed by atoms with Crippen LogP contribution in [0, 0.1) is 0 Å². The summed E-state index contributed by atoms with van der Waals surface area (Å²) in [5.41, 5.74) is 1.24. The van der Waals surface area contributed by atoms with E-state index in [1.165, 1.54) is 20.3 Å². The Morgan fingerprint density at radius 3 is 1.55 bits per heavy atom. The third-order valence-electron chi connectivity index (χ3n) is 4.41. The molecule has 0 saturated heterocycles. The summed E-state index contributed by atoms with van der Waals surface area (Å²) in [4.78, 5) is 14.9. The second-order valence-corrected chi connectivity index (χ2v) is 10.3. The average Bonchev–Trinajstić information content (AvgIpc) is 2.90. The molecule has 2 aromatic carbocycles. The summed E-state index contributed by atoms with van der Waals surface area (Å²) >= 11 is 51.1. The number of benzene rings is 2. The van der Waals surface area contributed by atoms with Crippen molar-refractivity contribution in [3.8, 4) is 22.8 Å². The number of aromatic nitrogens is 4. The lowest BCUT2D eigenvalue weighted by atomic mass is 9.79. The number of rotatable bonds is 4. The van der Waals surface area contributed by atoms with E-state index in [4.69, 9.17) is 124 Å². The van der Waals surface area contributed by atoms with Gasteiger partial charge in [-0.25, -0.2) is 19.9 Å². The zero-order valence-electron chi connectivity index (χ0n) is 19.9. The van der Waals surface area contributed by atoms with Crippen molar-refractivity contribution in [1.82, 2.24) is 19.9 Å². The van der Waals surface area contributed by atoms with Gasteiger partial charge >= 0.3 is 7.12 Å². The standard InChI is InChI=1S/C11H6Cl4N2O.C7H8BClO3.C4Cl4N2/c1-18-7-3-2-5(12)4-6(7)9-8(13)10(14)17-11(15)16-9;1-12-7-3-2-5(9)4-6(7)8(10)11;5-1-2(6)9-4(8)10-3(1)7/h2-4H,1H3;2-4,10-11H,1H3;. The van der Waals surface area contributed by atoms with Crippen LogP contribution in [0.4, 0.5) is 0 Å². The van der Waals surface area contributed by atoms with E-state index in [1.807, 2.05) is 0 Å². The van der Waals surface area contributed by atoms with Crippen LogP contribution in [0.25, 0.3) is 11.3 Å². The van der Waals surface area contributed by atoms with Crippen molar-refractivity contribution in [1.29, 1.82) is 0 Å². The van der Waals surface area contributed by atoms with Crippen LogP contribution in [0.15, 0.2) is 36.4 Å². The molecule has 0 aliphatic carbocycles. The van der Waals surface area contributed by atoms with Gasteiger partial charge in [-0.2, -0.15) is 0 Å². The van der Waals surface area contributed by atoms with Gasteiger partial charge < -0.3 is 19.5 Å². The third-order valence-corrected chi connectivity index (χ3v) is 7.05. The monoisotopic (exact) mass is 724 g/mol. The smallest absolute Gasteiger partial charge is 0.492 e. The molecule has 2 heterocycles. The molecule has 0 unspecified atom stereocenters. The first-order valence-electron chi connectivity index (χ1n) is 10.2. The summed E-state index contributed by atoms with van der Waals surface area (Å²) in [7, 11) is 1.43. The molecular weight excluding hydrogens is 714 g/mol. The average molecular weight is 728 g/mol. The Morgan fingerprint density at radius 2 is 1.05 bits per heavy atom. The second-order valence-electron chi connectivity index (χ2n) is 6.94. The van der Waals surface area contributed by atoms with Crippen LogP contribution >= 0.6 is 104 Å². The molecule has 0 bridgehead atoms. The highest BCUT2D eigenvalue weighted by Gasteiger charge is 2.17. The zero-order chi connectivity index (χ0) is 30.1. The predicted molar refractivity (Wildman–Crippen MR) is 164 cm³/mol. The zero-order valence-corrected chi connectivity index (χ0v) is 26.7. The highest BCUT2D eigenvalue weighted by atomic mass is 35.5. The highest BCUT2D eigenvalue weighted by Crippen LogP contribution is 2.38. The summed E-state index contributed by atoms with van der Waals surface area (Å²) in [6, 6.07) is 9.72. The van der Waals surface area contributed by atoms with Gasteiger partial charge in [-0.05, 0) is 59.6 Å². The Hall–Kier alpha value is -1.21. The Morgan fingerprint density at radius 1 is 0.600 bits per heavy atom. The molecule has 0 radical (unpaired) electrons. The van der Waals surface area contributed by atoms with E-state index in [9.17, 15) is 0 Å². The molecule has 2 aromatic heterocycles. The van der Waals surface area contributed by atoms with Crippen LogP contribution in [0.1, 0.15) is 0 Å². The Labute approximate surface area is 274 Å². The van der Waals surface area contributed by atoms with Gasteiger partial charge in [0.2, 0.25) is 10.6 Å². The molecule has 0 aliphatic rings. The first-order valence-corrected chi connectivity index (χ1v) is 13.6. The molecule has 8 nitrogen and oxygen atoms in total. The molecule has 18 heteroatoms. The van der Waals surface area contributed by atoms with Gasteiger partial charge in [-0.1, -0.05) is 81.2 Å². The van der Waals surface area contributed by atoms with E-state index in [0.29, 0.717) is 32.8 Å². The minimum atomic E-state index is -1.56. The molecule has 0 spiro atoms. The fourth-order valence-electron chi connectivity index (χ4n) is 2.72. The fraction of sp³-hybridized carbons (Fsp3) is 0.0909. The lowest BCUT2D eigenvalue weighted by Crippen LogP contribution is -2.31. The largest absolute Gasteiger partial charge is 0.497 e. The molecule has 0 fully saturated rings. The van der Waals surface area contributed by atoms with Crippen molar-refractivity contribution >= 4 is 117 Å². The van der Waals surface area contributed by atoms with Crippen LogP contribution in [-0.4, -0.2) is 51.3 Å². The predicted octanol–water partition coefficient (Wildman–Crippen LogP) is 7.88. The highest BCUT2D eigenvalue weighted by molar-refractivity contribution is 6.60. The topological polar surface area (TPSA) is 110 Å². The van der Waals surface area contributed by atoms with Gasteiger partial charge in [-0.15, -0.1) is 0 Å². The van der Waals surface area contributed by atoms with Gasteiger partial charge in [0.15, 0.2) is 15.5 Å². The molecule has 4 aromatic rings. The van der Waals surface area contributed by atoms with E-state index in [-0.39, 0.29) is 41.5 Å². The van der Waals surface area contributed by atoms with Gasteiger partial charge in [0.25, 0.3) is 0 Å². The Kier molecular flexibility index (Phi) is 14.4. The summed E-state index contributed by atoms with van der Waals surface area (Å²) in [6.07, 6.45) is 0. The number of methoxy groups -OCH3 is 2. The lowest BCUT2D eigenvalue weighted by Gasteiger charge is -2.10. The van der Waals surface area contributed by atoms with Crippen LogP contribution < -0.4 is 14.9 Å². The SMILES string of the molecule is COc1ccc(Cl)cc1-c1nc(Cl)nc(Cl)c1Cl.COc1ccc(Cl)cc1B(O)O.Clc1nc(Cl)c(Cl)c(Cl)n1. The van der Waals surface area contributed by atoms with E-state index >= 15 is 0 Å². The van der Waals surface area contributed by atoms with Crippen molar-refractivity contribution < 1.29 is 19.5 Å². The van der Waals surface area contributed by atoms with Crippen molar-refractivity contribution in [3.63, 3.8) is 0 Å². The van der Waals surface area contributed by atoms with Crippen molar-refractivity contribution in [2.75, 3.05) is 14.2 Å². The molecule has 0 aliphatic heterocycles. The molecular formula is C22H14BCl9N4O4. The molecule has 212 valence electrons. The van der Waals surface area contributed by atoms with Crippen LogP contribution in [-0.2, 0) is 0 Å². The van der Waals surface area contributed by atoms with Crippen LogP contribution in [0.5, 0.6) is 11.5 Å². The number of nitrogens with zero attached hydrogens (tertiary/aromatic N) is 4. The van der Waals surface area contributed by atoms with Crippen molar-refractivity contribution in [3.05, 3.63) is 82.5 Å². The quantitative estimate of drug-likeness (QED) is 0.124. The molecule has 4 rings (SSSR count). The van der Waals surface area contributed by atoms with Gasteiger partial charge in [0.05, 0.1) is 19.9 Å². The first-order chi connectivity index (χ1) is 18.8. The van der Waals surface area contributed by atoms with Gasteiger partial charge in [0, 0.05) is 21.1 Å². The summed E-state index contributed by atoms with van der Waals surface area (Å²) in [5, 5.41) is 19.2. The number of hydrogen-bond donors (Lipinski definition) is 2. The normalized spacial score (nSPS) is 10.1. The van der Waals surface area contributed by atoms with Gasteiger partial charge in [-0.3, -0.25) is 0 Å². The molecule has 0 amide bonds. The second kappa shape index (κ2) is 16.4. The van der Waals surface area contributed by atoms with Crippen molar-refractivity contribution in [2.45, 2.75) is 0 Å². The van der Waals surface area contributed by atoms with E-state index in [2.05, 4.69) is 19.9 Å². The first kappa shape index (κ1) is 35.0. The molecule has 2 N–H and O–H groups in total. The molecule has 40 heavy (non-hydrogen) atoms. The molecule has 0 atom stereocenters. The number of ether oxygens (including phenoxy) is 2.